The van der Waals surface area contributed by atoms with Crippen LogP contribution in [-0.4, -0.2) is 69.7 Å². The van der Waals surface area contributed by atoms with Crippen molar-refractivity contribution >= 4 is 10.0 Å². The molecule has 0 amide bonds. The lowest BCUT2D eigenvalue weighted by Crippen LogP contribution is -2.45. The summed E-state index contributed by atoms with van der Waals surface area (Å²) in [5.74, 6) is 0.281. The molecule has 1 N–H and O–H groups in total. The minimum atomic E-state index is -3.08. The maximum Gasteiger partial charge on any atom is 0.214 e. The zero-order chi connectivity index (χ0) is 15.0. The van der Waals surface area contributed by atoms with Crippen molar-refractivity contribution in [1.29, 1.82) is 0 Å². The van der Waals surface area contributed by atoms with Gasteiger partial charge >= 0.3 is 0 Å². The fourth-order valence-corrected chi connectivity index (χ4v) is 4.09. The number of hydrogen-bond donors (Lipinski definition) is 1. The Hall–Kier alpha value is -0.170. The molecule has 120 valence electrons. The Kier molecular flexibility index (Phi) is 8.02. The van der Waals surface area contributed by atoms with Gasteiger partial charge in [0, 0.05) is 13.1 Å². The van der Waals surface area contributed by atoms with Crippen molar-refractivity contribution in [3.8, 4) is 0 Å². The van der Waals surface area contributed by atoms with Gasteiger partial charge in [-0.05, 0) is 65.3 Å². The number of sulfonamides is 1. The predicted molar refractivity (Wildman–Crippen MR) is 84.5 cm³/mol. The normalized spacial score (nSPS) is 18.8. The van der Waals surface area contributed by atoms with Gasteiger partial charge in [-0.1, -0.05) is 6.92 Å². The van der Waals surface area contributed by atoms with Crippen LogP contribution in [0.5, 0.6) is 0 Å². The van der Waals surface area contributed by atoms with Crippen LogP contribution in [0.4, 0.5) is 0 Å². The Bertz CT molecular complexity index is 351. The van der Waals surface area contributed by atoms with E-state index in [1.165, 1.54) is 0 Å². The molecular weight excluding hydrogens is 274 g/mol. The molecule has 1 rings (SSSR count). The van der Waals surface area contributed by atoms with Gasteiger partial charge in [-0.15, -0.1) is 0 Å². The van der Waals surface area contributed by atoms with E-state index < -0.39 is 10.0 Å². The van der Waals surface area contributed by atoms with Crippen molar-refractivity contribution in [2.24, 2.45) is 0 Å². The summed E-state index contributed by atoms with van der Waals surface area (Å²) in [6, 6.07) is 0.189. The molecule has 0 unspecified atom stereocenters. The van der Waals surface area contributed by atoms with Crippen LogP contribution in [0.2, 0.25) is 0 Å². The Morgan fingerprint density at radius 1 is 1.20 bits per heavy atom. The second kappa shape index (κ2) is 8.97. The molecule has 1 aliphatic rings. The summed E-state index contributed by atoms with van der Waals surface area (Å²) in [4.78, 5) is 2.26. The van der Waals surface area contributed by atoms with Crippen molar-refractivity contribution in [1.82, 2.24) is 14.5 Å². The number of nitrogens with zero attached hydrogens (tertiary/aromatic N) is 2. The van der Waals surface area contributed by atoms with Gasteiger partial charge < -0.3 is 10.2 Å². The van der Waals surface area contributed by atoms with E-state index in [4.69, 9.17) is 0 Å². The number of hydrogen-bond acceptors (Lipinski definition) is 4. The molecular formula is C14H31N3O2S. The summed E-state index contributed by atoms with van der Waals surface area (Å²) >= 11 is 0. The molecule has 1 heterocycles. The Balaban J connectivity index is 2.28. The SMILES string of the molecule is CCCNCCCCS(=O)(=O)N(C)C1CCN(C)CC1. The summed E-state index contributed by atoms with van der Waals surface area (Å²) in [6.45, 7) is 6.05. The molecule has 6 heteroatoms. The topological polar surface area (TPSA) is 52.7 Å². The van der Waals surface area contributed by atoms with Gasteiger partial charge in [-0.25, -0.2) is 12.7 Å². The largest absolute Gasteiger partial charge is 0.317 e. The second-order valence-corrected chi connectivity index (χ2v) is 7.97. The minimum Gasteiger partial charge on any atom is -0.317 e. The molecule has 5 nitrogen and oxygen atoms in total. The third-order valence-electron chi connectivity index (χ3n) is 4.07. The van der Waals surface area contributed by atoms with Gasteiger partial charge in [0.15, 0.2) is 0 Å². The van der Waals surface area contributed by atoms with E-state index >= 15 is 0 Å². The zero-order valence-corrected chi connectivity index (χ0v) is 14.1. The third kappa shape index (κ3) is 6.08. The number of likely N-dealkylation sites (tertiary alicyclic amines) is 1. The summed E-state index contributed by atoms with van der Waals surface area (Å²) in [5, 5.41) is 3.30. The highest BCUT2D eigenvalue weighted by Crippen LogP contribution is 2.17. The van der Waals surface area contributed by atoms with Crippen LogP contribution in [0.1, 0.15) is 39.0 Å². The Morgan fingerprint density at radius 2 is 1.85 bits per heavy atom. The van der Waals surface area contributed by atoms with E-state index in [2.05, 4.69) is 24.2 Å². The molecule has 1 fully saturated rings. The summed E-state index contributed by atoms with van der Waals surface area (Å²) in [7, 11) is 0.759. The van der Waals surface area contributed by atoms with Gasteiger partial charge in [0.2, 0.25) is 10.0 Å². The number of nitrogens with one attached hydrogen (secondary N) is 1. The molecule has 0 aromatic rings. The van der Waals surface area contributed by atoms with Gasteiger partial charge in [0.25, 0.3) is 0 Å². The quantitative estimate of drug-likeness (QED) is 0.649. The molecule has 0 saturated carbocycles. The highest BCUT2D eigenvalue weighted by Gasteiger charge is 2.28. The van der Waals surface area contributed by atoms with Crippen LogP contribution in [0.25, 0.3) is 0 Å². The van der Waals surface area contributed by atoms with Crippen molar-refractivity contribution in [3.63, 3.8) is 0 Å². The summed E-state index contributed by atoms with van der Waals surface area (Å²) < 4.78 is 26.2. The number of rotatable bonds is 9. The molecule has 20 heavy (non-hydrogen) atoms. The van der Waals surface area contributed by atoms with E-state index in [0.29, 0.717) is 0 Å². The first-order valence-corrected chi connectivity index (χ1v) is 9.43. The molecule has 0 atom stereocenters. The molecule has 0 spiro atoms. The van der Waals surface area contributed by atoms with Gasteiger partial charge in [0.1, 0.15) is 0 Å². The first-order chi connectivity index (χ1) is 9.47. The van der Waals surface area contributed by atoms with Crippen LogP contribution in [0, 0.1) is 0 Å². The molecule has 0 aromatic heterocycles. The predicted octanol–water partition coefficient (Wildman–Crippen LogP) is 1.12. The van der Waals surface area contributed by atoms with E-state index in [9.17, 15) is 8.42 Å². The van der Waals surface area contributed by atoms with Crippen LogP contribution in [-0.2, 0) is 10.0 Å². The molecule has 0 aromatic carbocycles. The lowest BCUT2D eigenvalue weighted by molar-refractivity contribution is 0.197. The van der Waals surface area contributed by atoms with Gasteiger partial charge in [-0.3, -0.25) is 0 Å². The molecule has 0 aliphatic carbocycles. The van der Waals surface area contributed by atoms with Crippen molar-refractivity contribution in [2.45, 2.75) is 45.1 Å². The highest BCUT2D eigenvalue weighted by atomic mass is 32.2. The minimum absolute atomic E-state index is 0.189. The average molecular weight is 305 g/mol. The third-order valence-corrected chi connectivity index (χ3v) is 6.05. The van der Waals surface area contributed by atoms with E-state index in [1.807, 2.05) is 0 Å². The lowest BCUT2D eigenvalue weighted by atomic mass is 10.1. The fourth-order valence-electron chi connectivity index (χ4n) is 2.57. The summed E-state index contributed by atoms with van der Waals surface area (Å²) in [5.41, 5.74) is 0. The average Bonchev–Trinajstić information content (AvgIpc) is 2.43. The molecule has 0 radical (unpaired) electrons. The smallest absolute Gasteiger partial charge is 0.214 e. The first-order valence-electron chi connectivity index (χ1n) is 7.82. The Morgan fingerprint density at radius 3 is 2.45 bits per heavy atom. The summed E-state index contributed by atoms with van der Waals surface area (Å²) in [6.07, 6.45) is 4.70. The second-order valence-electron chi connectivity index (χ2n) is 5.82. The zero-order valence-electron chi connectivity index (χ0n) is 13.3. The lowest BCUT2D eigenvalue weighted by Gasteiger charge is -2.34. The van der Waals surface area contributed by atoms with Crippen molar-refractivity contribution in [3.05, 3.63) is 0 Å². The Labute approximate surface area is 124 Å². The van der Waals surface area contributed by atoms with E-state index in [1.54, 1.807) is 11.4 Å². The number of piperidine rings is 1. The van der Waals surface area contributed by atoms with Crippen LogP contribution in [0.15, 0.2) is 0 Å². The standard InChI is InChI=1S/C14H31N3O2S/c1-4-9-15-10-5-6-13-20(18,19)17(3)14-7-11-16(2)12-8-14/h14-15H,4-13H2,1-3H3. The molecule has 1 aliphatic heterocycles. The van der Waals surface area contributed by atoms with Gasteiger partial charge in [-0.2, -0.15) is 0 Å². The molecule has 0 bridgehead atoms. The monoisotopic (exact) mass is 305 g/mol. The number of unbranched alkanes of at least 4 members (excludes halogenated alkanes) is 1. The van der Waals surface area contributed by atoms with Crippen LogP contribution >= 0.6 is 0 Å². The molecule has 1 saturated heterocycles. The fraction of sp³-hybridized carbons (Fsp3) is 1.00. The van der Waals surface area contributed by atoms with Crippen molar-refractivity contribution < 1.29 is 8.42 Å². The first kappa shape index (κ1) is 17.9. The maximum atomic E-state index is 12.3. The van der Waals surface area contributed by atoms with Gasteiger partial charge in [0.05, 0.1) is 5.75 Å². The van der Waals surface area contributed by atoms with Crippen LogP contribution < -0.4 is 5.32 Å². The highest BCUT2D eigenvalue weighted by molar-refractivity contribution is 7.89. The van der Waals surface area contributed by atoms with E-state index in [0.717, 1.165) is 58.3 Å². The van der Waals surface area contributed by atoms with E-state index in [-0.39, 0.29) is 11.8 Å². The maximum absolute atomic E-state index is 12.3. The van der Waals surface area contributed by atoms with Crippen molar-refractivity contribution in [2.75, 3.05) is 46.0 Å². The van der Waals surface area contributed by atoms with Crippen LogP contribution in [0.3, 0.4) is 0 Å².